The molecule has 2 atom stereocenters. The highest BCUT2D eigenvalue weighted by Gasteiger charge is 2.53. The summed E-state index contributed by atoms with van der Waals surface area (Å²) in [6, 6.07) is 7.22. The Morgan fingerprint density at radius 2 is 1.54 bits per heavy atom. The zero-order valence-electron chi connectivity index (χ0n) is 15.2. The molecular formula is C19H21F3N4O2. The first-order valence-corrected chi connectivity index (χ1v) is 9.41. The van der Waals surface area contributed by atoms with Crippen molar-refractivity contribution in [2.45, 2.75) is 25.4 Å². The summed E-state index contributed by atoms with van der Waals surface area (Å²) in [5.74, 6) is -3.97. The van der Waals surface area contributed by atoms with E-state index in [9.17, 15) is 23.1 Å². The molecule has 0 saturated carbocycles. The van der Waals surface area contributed by atoms with Crippen molar-refractivity contribution in [3.8, 4) is 0 Å². The maximum Gasteiger partial charge on any atom is 0.394 e. The van der Waals surface area contributed by atoms with Crippen LogP contribution in [0.25, 0.3) is 11.0 Å². The summed E-state index contributed by atoms with van der Waals surface area (Å²) in [4.78, 5) is 24.3. The van der Waals surface area contributed by atoms with E-state index >= 15 is 0 Å². The third-order valence-electron chi connectivity index (χ3n) is 5.55. The molecule has 0 unspecified atom stereocenters. The molecule has 1 N–H and O–H groups in total. The Bertz CT molecular complexity index is 883. The molecule has 1 aromatic carbocycles. The van der Waals surface area contributed by atoms with E-state index in [1.165, 1.54) is 4.90 Å². The average Bonchev–Trinajstić information content (AvgIpc) is 3.14. The molecule has 6 nitrogen and oxygen atoms in total. The standard InChI is InChI=1S/C19H21F3N4O2/c20-19(21,22)13-11-26(10-12(13)18(27)28)17-16(25-8-4-1-5-9-25)23-14-6-2-3-7-15(14)24-17/h2-3,6-7,12-13H,1,4-5,8-11H2,(H,27,28)/t12-,13-/m1/s1. The van der Waals surface area contributed by atoms with Gasteiger partial charge in [0.15, 0.2) is 11.6 Å². The van der Waals surface area contributed by atoms with Crippen LogP contribution in [0.1, 0.15) is 19.3 Å². The predicted octanol–water partition coefficient (Wildman–Crippen LogP) is 3.32. The molecular weight excluding hydrogens is 373 g/mol. The molecule has 4 rings (SSSR count). The van der Waals surface area contributed by atoms with Crippen LogP contribution in [0.5, 0.6) is 0 Å². The minimum absolute atomic E-state index is 0.229. The Kier molecular flexibility index (Phi) is 4.76. The number of aliphatic carboxylic acids is 1. The van der Waals surface area contributed by atoms with E-state index in [0.717, 1.165) is 32.4 Å². The second kappa shape index (κ2) is 7.10. The van der Waals surface area contributed by atoms with E-state index in [4.69, 9.17) is 4.98 Å². The molecule has 28 heavy (non-hydrogen) atoms. The summed E-state index contributed by atoms with van der Waals surface area (Å²) in [6.07, 6.45) is -1.51. The average molecular weight is 394 g/mol. The van der Waals surface area contributed by atoms with Gasteiger partial charge in [-0.3, -0.25) is 4.79 Å². The summed E-state index contributed by atoms with van der Waals surface area (Å²) in [6.45, 7) is 0.875. The second-order valence-corrected chi connectivity index (χ2v) is 7.41. The Hall–Kier alpha value is -2.58. The van der Waals surface area contributed by atoms with E-state index in [0.29, 0.717) is 22.7 Å². The van der Waals surface area contributed by atoms with Gasteiger partial charge in [-0.1, -0.05) is 12.1 Å². The second-order valence-electron chi connectivity index (χ2n) is 7.41. The lowest BCUT2D eigenvalue weighted by Crippen LogP contribution is -2.34. The van der Waals surface area contributed by atoms with Crippen molar-refractivity contribution in [3.63, 3.8) is 0 Å². The number of rotatable bonds is 3. The van der Waals surface area contributed by atoms with Gasteiger partial charge in [0.25, 0.3) is 0 Å². The van der Waals surface area contributed by atoms with Crippen LogP contribution in [-0.2, 0) is 4.79 Å². The van der Waals surface area contributed by atoms with E-state index in [-0.39, 0.29) is 6.54 Å². The maximum absolute atomic E-state index is 13.4. The van der Waals surface area contributed by atoms with Gasteiger partial charge in [-0.2, -0.15) is 13.2 Å². The highest BCUT2D eigenvalue weighted by atomic mass is 19.4. The first-order valence-electron chi connectivity index (χ1n) is 9.41. The summed E-state index contributed by atoms with van der Waals surface area (Å²) in [5.41, 5.74) is 1.26. The predicted molar refractivity (Wildman–Crippen MR) is 98.5 cm³/mol. The lowest BCUT2D eigenvalue weighted by molar-refractivity contribution is -0.187. The van der Waals surface area contributed by atoms with Gasteiger partial charge >= 0.3 is 12.1 Å². The number of carbonyl (C=O) groups is 1. The molecule has 2 fully saturated rings. The Morgan fingerprint density at radius 3 is 2.04 bits per heavy atom. The smallest absolute Gasteiger partial charge is 0.394 e. The van der Waals surface area contributed by atoms with Crippen LogP contribution in [0.2, 0.25) is 0 Å². The van der Waals surface area contributed by atoms with Gasteiger partial charge in [0.2, 0.25) is 0 Å². The molecule has 0 spiro atoms. The fourth-order valence-electron chi connectivity index (χ4n) is 4.07. The highest BCUT2D eigenvalue weighted by Crippen LogP contribution is 2.41. The van der Waals surface area contributed by atoms with E-state index in [1.807, 2.05) is 12.1 Å². The van der Waals surface area contributed by atoms with Gasteiger partial charge in [-0.15, -0.1) is 0 Å². The van der Waals surface area contributed by atoms with Crippen LogP contribution < -0.4 is 9.80 Å². The minimum atomic E-state index is -4.58. The van der Waals surface area contributed by atoms with Gasteiger partial charge < -0.3 is 14.9 Å². The largest absolute Gasteiger partial charge is 0.481 e. The third kappa shape index (κ3) is 3.45. The van der Waals surface area contributed by atoms with Crippen LogP contribution >= 0.6 is 0 Å². The minimum Gasteiger partial charge on any atom is -0.481 e. The Labute approximate surface area is 160 Å². The fourth-order valence-corrected chi connectivity index (χ4v) is 4.07. The van der Waals surface area contributed by atoms with Crippen LogP contribution in [-0.4, -0.2) is 53.4 Å². The number of hydrogen-bond acceptors (Lipinski definition) is 5. The molecule has 0 radical (unpaired) electrons. The molecule has 2 aliphatic rings. The highest BCUT2D eigenvalue weighted by molar-refractivity contribution is 5.82. The van der Waals surface area contributed by atoms with Crippen molar-refractivity contribution in [3.05, 3.63) is 24.3 Å². The number of para-hydroxylation sites is 2. The molecule has 0 amide bonds. The van der Waals surface area contributed by atoms with Crippen LogP contribution in [0.15, 0.2) is 24.3 Å². The molecule has 3 heterocycles. The molecule has 0 aliphatic carbocycles. The number of anilines is 2. The van der Waals surface area contributed by atoms with Gasteiger partial charge in [0.05, 0.1) is 22.9 Å². The van der Waals surface area contributed by atoms with Crippen molar-refractivity contribution in [2.75, 3.05) is 36.0 Å². The molecule has 1 aromatic heterocycles. The zero-order valence-corrected chi connectivity index (χ0v) is 15.2. The van der Waals surface area contributed by atoms with Crippen LogP contribution in [0.4, 0.5) is 24.8 Å². The number of carboxylic acids is 1. The summed E-state index contributed by atoms with van der Waals surface area (Å²) in [7, 11) is 0. The van der Waals surface area contributed by atoms with Gasteiger partial charge in [-0.05, 0) is 31.4 Å². The summed E-state index contributed by atoms with van der Waals surface area (Å²) < 4.78 is 40.3. The lowest BCUT2D eigenvalue weighted by Gasteiger charge is -2.31. The number of fused-ring (bicyclic) bond motifs is 1. The quantitative estimate of drug-likeness (QED) is 0.861. The van der Waals surface area contributed by atoms with Gasteiger partial charge in [-0.25, -0.2) is 9.97 Å². The van der Waals surface area contributed by atoms with Crippen molar-refractivity contribution in [2.24, 2.45) is 11.8 Å². The number of halogens is 3. The monoisotopic (exact) mass is 394 g/mol. The van der Waals surface area contributed by atoms with Crippen LogP contribution in [0, 0.1) is 11.8 Å². The number of hydrogen-bond donors (Lipinski definition) is 1. The molecule has 150 valence electrons. The fraction of sp³-hybridized carbons (Fsp3) is 0.526. The van der Waals surface area contributed by atoms with Gasteiger partial charge in [0.1, 0.15) is 0 Å². The van der Waals surface area contributed by atoms with E-state index in [1.54, 1.807) is 12.1 Å². The number of piperidine rings is 1. The number of alkyl halides is 3. The molecule has 0 bridgehead atoms. The molecule has 2 aliphatic heterocycles. The van der Waals surface area contributed by atoms with E-state index in [2.05, 4.69) is 9.88 Å². The number of benzene rings is 1. The molecule has 2 aromatic rings. The van der Waals surface area contributed by atoms with Crippen molar-refractivity contribution in [1.82, 2.24) is 9.97 Å². The SMILES string of the molecule is O=C(O)[C@@H]1CN(c2nc3ccccc3nc2N2CCCCC2)C[C@H]1C(F)(F)F. The normalized spacial score (nSPS) is 23.4. The Morgan fingerprint density at radius 1 is 0.964 bits per heavy atom. The number of nitrogens with zero attached hydrogens (tertiary/aromatic N) is 4. The zero-order chi connectivity index (χ0) is 19.9. The topological polar surface area (TPSA) is 69.6 Å². The van der Waals surface area contributed by atoms with E-state index < -0.39 is 30.5 Å². The number of aromatic nitrogens is 2. The lowest BCUT2D eigenvalue weighted by atomic mass is 9.96. The summed E-state index contributed by atoms with van der Waals surface area (Å²) in [5, 5.41) is 9.33. The van der Waals surface area contributed by atoms with Crippen molar-refractivity contribution in [1.29, 1.82) is 0 Å². The van der Waals surface area contributed by atoms with Gasteiger partial charge in [0, 0.05) is 26.2 Å². The molecule has 9 heteroatoms. The number of carboxylic acid groups (broad SMARTS) is 1. The maximum atomic E-state index is 13.4. The first kappa shape index (κ1) is 18.8. The molecule has 2 saturated heterocycles. The van der Waals surface area contributed by atoms with Crippen LogP contribution in [0.3, 0.4) is 0 Å². The first-order chi connectivity index (χ1) is 13.3. The summed E-state index contributed by atoms with van der Waals surface area (Å²) >= 11 is 0. The Balaban J connectivity index is 1.77. The van der Waals surface area contributed by atoms with Crippen molar-refractivity contribution < 1.29 is 23.1 Å². The third-order valence-corrected chi connectivity index (χ3v) is 5.55. The van der Waals surface area contributed by atoms with Crippen molar-refractivity contribution >= 4 is 28.6 Å².